The maximum Gasteiger partial charge on any atom is 0.152 e. The standard InChI is InChI=1S/C7H11N3S/c1-2-9-7(10-8)6-4-3-5-11-6/h3-5H,2,8H2,1H3,(H,9,10). The first-order valence-electron chi connectivity index (χ1n) is 3.43. The van der Waals surface area contributed by atoms with E-state index in [2.05, 4.69) is 10.4 Å². The molecule has 0 aliphatic rings. The van der Waals surface area contributed by atoms with Crippen LogP contribution in [0.4, 0.5) is 0 Å². The Balaban J connectivity index is 2.79. The topological polar surface area (TPSA) is 50.4 Å². The highest BCUT2D eigenvalue weighted by molar-refractivity contribution is 7.12. The van der Waals surface area contributed by atoms with Crippen LogP contribution in [0.2, 0.25) is 0 Å². The Morgan fingerprint density at radius 2 is 2.64 bits per heavy atom. The van der Waals surface area contributed by atoms with Crippen LogP contribution < -0.4 is 11.3 Å². The van der Waals surface area contributed by atoms with Gasteiger partial charge in [0.05, 0.1) is 4.88 Å². The maximum atomic E-state index is 5.28. The van der Waals surface area contributed by atoms with Gasteiger partial charge in [-0.1, -0.05) is 6.07 Å². The molecule has 1 rings (SSSR count). The van der Waals surface area contributed by atoms with E-state index in [9.17, 15) is 0 Å². The molecule has 11 heavy (non-hydrogen) atoms. The summed E-state index contributed by atoms with van der Waals surface area (Å²) in [6, 6.07) is 3.96. The minimum absolute atomic E-state index is 0.747. The van der Waals surface area contributed by atoms with E-state index in [1.54, 1.807) is 11.3 Å². The van der Waals surface area contributed by atoms with Gasteiger partial charge in [0, 0.05) is 6.54 Å². The smallest absolute Gasteiger partial charge is 0.152 e. The number of nitrogens with zero attached hydrogens (tertiary/aromatic N) is 1. The van der Waals surface area contributed by atoms with Gasteiger partial charge in [0.2, 0.25) is 0 Å². The lowest BCUT2D eigenvalue weighted by Gasteiger charge is -2.00. The molecule has 0 fully saturated rings. The number of nitrogens with two attached hydrogens (primary N) is 1. The van der Waals surface area contributed by atoms with Crippen LogP contribution in [-0.4, -0.2) is 12.4 Å². The third-order valence-electron chi connectivity index (χ3n) is 1.21. The van der Waals surface area contributed by atoms with Crippen molar-refractivity contribution in [1.29, 1.82) is 0 Å². The summed E-state index contributed by atoms with van der Waals surface area (Å²) in [5, 5.41) is 2.00. The Bertz CT molecular complexity index is 228. The number of rotatable bonds is 2. The molecule has 0 saturated carbocycles. The Hall–Kier alpha value is -0.870. The fraction of sp³-hybridized carbons (Fsp3) is 0.286. The van der Waals surface area contributed by atoms with E-state index in [1.165, 1.54) is 0 Å². The second kappa shape index (κ2) is 4.10. The van der Waals surface area contributed by atoms with Crippen molar-refractivity contribution in [1.82, 2.24) is 5.43 Å². The molecule has 3 N–H and O–H groups in total. The van der Waals surface area contributed by atoms with Crippen LogP contribution in [-0.2, 0) is 0 Å². The quantitative estimate of drug-likeness (QED) is 0.300. The van der Waals surface area contributed by atoms with Crippen LogP contribution in [0.25, 0.3) is 0 Å². The summed E-state index contributed by atoms with van der Waals surface area (Å²) in [4.78, 5) is 5.25. The van der Waals surface area contributed by atoms with Crippen molar-refractivity contribution < 1.29 is 0 Å². The summed E-state index contributed by atoms with van der Waals surface area (Å²) in [7, 11) is 0. The molecule has 3 nitrogen and oxygen atoms in total. The zero-order valence-electron chi connectivity index (χ0n) is 6.37. The summed E-state index contributed by atoms with van der Waals surface area (Å²) in [5.41, 5.74) is 2.57. The molecule has 0 unspecified atom stereocenters. The minimum Gasteiger partial charge on any atom is -0.308 e. The monoisotopic (exact) mass is 169 g/mol. The molecule has 1 aromatic heterocycles. The lowest BCUT2D eigenvalue weighted by Crippen LogP contribution is -2.30. The van der Waals surface area contributed by atoms with Crippen LogP contribution in [0.5, 0.6) is 0 Å². The van der Waals surface area contributed by atoms with Crippen molar-refractivity contribution in [3.05, 3.63) is 22.4 Å². The number of thiophene rings is 1. The van der Waals surface area contributed by atoms with Crippen LogP contribution >= 0.6 is 11.3 Å². The highest BCUT2D eigenvalue weighted by Crippen LogP contribution is 2.07. The van der Waals surface area contributed by atoms with Gasteiger partial charge in [-0.3, -0.25) is 4.99 Å². The molecule has 1 aromatic rings. The van der Waals surface area contributed by atoms with E-state index in [-0.39, 0.29) is 0 Å². The Labute approximate surface area is 69.9 Å². The largest absolute Gasteiger partial charge is 0.308 e. The average molecular weight is 169 g/mol. The van der Waals surface area contributed by atoms with Crippen molar-refractivity contribution in [2.45, 2.75) is 6.92 Å². The third-order valence-corrected chi connectivity index (χ3v) is 2.08. The zero-order chi connectivity index (χ0) is 8.10. The van der Waals surface area contributed by atoms with Crippen molar-refractivity contribution >= 4 is 17.2 Å². The van der Waals surface area contributed by atoms with E-state index in [4.69, 9.17) is 5.84 Å². The molecule has 1 heterocycles. The normalized spacial score (nSPS) is 11.6. The summed E-state index contributed by atoms with van der Waals surface area (Å²) in [6.45, 7) is 2.72. The second-order valence-corrected chi connectivity index (χ2v) is 2.89. The van der Waals surface area contributed by atoms with Gasteiger partial charge in [0.15, 0.2) is 5.84 Å². The van der Waals surface area contributed by atoms with Gasteiger partial charge in [-0.05, 0) is 18.4 Å². The molecule has 0 bridgehead atoms. The summed E-state index contributed by atoms with van der Waals surface area (Å²) >= 11 is 1.62. The maximum absolute atomic E-state index is 5.28. The molecule has 0 aliphatic carbocycles. The van der Waals surface area contributed by atoms with Crippen LogP contribution in [0.15, 0.2) is 22.5 Å². The second-order valence-electron chi connectivity index (χ2n) is 1.94. The Morgan fingerprint density at radius 1 is 1.82 bits per heavy atom. The third kappa shape index (κ3) is 2.03. The van der Waals surface area contributed by atoms with Gasteiger partial charge < -0.3 is 5.43 Å². The number of aliphatic imine (C=N–C) groups is 1. The van der Waals surface area contributed by atoms with Gasteiger partial charge in [-0.25, -0.2) is 5.84 Å². The predicted molar refractivity (Wildman–Crippen MR) is 48.7 cm³/mol. The first-order chi connectivity index (χ1) is 5.38. The Morgan fingerprint density at radius 3 is 3.09 bits per heavy atom. The van der Waals surface area contributed by atoms with E-state index < -0.39 is 0 Å². The van der Waals surface area contributed by atoms with Gasteiger partial charge in [-0.2, -0.15) is 0 Å². The molecule has 0 atom stereocenters. The fourth-order valence-electron chi connectivity index (χ4n) is 0.766. The zero-order valence-corrected chi connectivity index (χ0v) is 7.19. The molecule has 0 aliphatic heterocycles. The number of amidine groups is 1. The first kappa shape index (κ1) is 8.23. The summed E-state index contributed by atoms with van der Waals surface area (Å²) in [5.74, 6) is 6.04. The highest BCUT2D eigenvalue weighted by atomic mass is 32.1. The van der Waals surface area contributed by atoms with E-state index in [1.807, 2.05) is 24.4 Å². The van der Waals surface area contributed by atoms with Crippen molar-refractivity contribution in [3.8, 4) is 0 Å². The molecule has 0 spiro atoms. The molecule has 4 heteroatoms. The molecule has 60 valence electrons. The van der Waals surface area contributed by atoms with Gasteiger partial charge in [-0.15, -0.1) is 11.3 Å². The summed E-state index contributed by atoms with van der Waals surface area (Å²) < 4.78 is 0. The van der Waals surface area contributed by atoms with Crippen molar-refractivity contribution in [2.75, 3.05) is 6.54 Å². The first-order valence-corrected chi connectivity index (χ1v) is 4.31. The predicted octanol–water partition coefficient (Wildman–Crippen LogP) is 0.978. The van der Waals surface area contributed by atoms with Gasteiger partial charge in [0.25, 0.3) is 0 Å². The van der Waals surface area contributed by atoms with E-state index in [0.717, 1.165) is 17.3 Å². The van der Waals surface area contributed by atoms with Gasteiger partial charge >= 0.3 is 0 Å². The molecule has 0 radical (unpaired) electrons. The minimum atomic E-state index is 0.747. The number of hydrogen-bond donors (Lipinski definition) is 2. The van der Waals surface area contributed by atoms with Gasteiger partial charge in [0.1, 0.15) is 0 Å². The number of hydrazine groups is 1. The van der Waals surface area contributed by atoms with Crippen molar-refractivity contribution in [3.63, 3.8) is 0 Å². The lowest BCUT2D eigenvalue weighted by molar-refractivity contribution is 0.995. The molecular weight excluding hydrogens is 158 g/mol. The average Bonchev–Trinajstić information content (AvgIpc) is 2.52. The fourth-order valence-corrected chi connectivity index (χ4v) is 1.46. The van der Waals surface area contributed by atoms with Crippen molar-refractivity contribution in [2.24, 2.45) is 10.8 Å². The number of hydrogen-bond acceptors (Lipinski definition) is 3. The van der Waals surface area contributed by atoms with E-state index >= 15 is 0 Å². The molecular formula is C7H11N3S. The van der Waals surface area contributed by atoms with E-state index in [0.29, 0.717) is 0 Å². The lowest BCUT2D eigenvalue weighted by atomic mass is 10.4. The van der Waals surface area contributed by atoms with Crippen LogP contribution in [0.1, 0.15) is 11.8 Å². The molecule has 0 saturated heterocycles. The van der Waals surface area contributed by atoms with Crippen LogP contribution in [0.3, 0.4) is 0 Å². The molecule has 0 amide bonds. The summed E-state index contributed by atoms with van der Waals surface area (Å²) in [6.07, 6.45) is 0. The SMILES string of the molecule is CCN=C(NN)c1cccs1. The Kier molecular flexibility index (Phi) is 3.07. The molecule has 0 aromatic carbocycles. The van der Waals surface area contributed by atoms with Crippen LogP contribution in [0, 0.1) is 0 Å². The highest BCUT2D eigenvalue weighted by Gasteiger charge is 1.99. The number of nitrogens with one attached hydrogen (secondary N) is 1.